The third kappa shape index (κ3) is 5.30. The molecular weight excluding hydrogens is 292 g/mol. The Morgan fingerprint density at radius 2 is 1.83 bits per heavy atom. The zero-order chi connectivity index (χ0) is 16.7. The van der Waals surface area contributed by atoms with Gasteiger partial charge >= 0.3 is 0 Å². The lowest BCUT2D eigenvalue weighted by Gasteiger charge is -2.10. The molecule has 0 fully saturated rings. The Morgan fingerprint density at radius 1 is 1.09 bits per heavy atom. The van der Waals surface area contributed by atoms with Crippen LogP contribution >= 0.6 is 0 Å². The van der Waals surface area contributed by atoms with Crippen LogP contribution in [0, 0.1) is 13.8 Å². The summed E-state index contributed by atoms with van der Waals surface area (Å²) in [6, 6.07) is 13.0. The molecule has 0 spiro atoms. The number of carbonyl (C=O) groups excluding carboxylic acids is 1. The zero-order valence-electron chi connectivity index (χ0n) is 13.5. The number of benzene rings is 2. The second kappa shape index (κ2) is 8.19. The van der Waals surface area contributed by atoms with Gasteiger partial charge in [-0.2, -0.15) is 0 Å². The molecule has 0 aliphatic rings. The van der Waals surface area contributed by atoms with Gasteiger partial charge in [0.25, 0.3) is 5.91 Å². The molecule has 0 heterocycles. The first-order valence-electron chi connectivity index (χ1n) is 7.51. The van der Waals surface area contributed by atoms with E-state index in [4.69, 9.17) is 15.2 Å². The summed E-state index contributed by atoms with van der Waals surface area (Å²) in [5, 5.41) is 2.78. The number of carbonyl (C=O) groups is 1. The Bertz CT molecular complexity index is 654. The van der Waals surface area contributed by atoms with Gasteiger partial charge in [-0.25, -0.2) is 0 Å². The minimum absolute atomic E-state index is 0.0324. The van der Waals surface area contributed by atoms with Crippen LogP contribution in [0.15, 0.2) is 42.5 Å². The average Bonchev–Trinajstić information content (AvgIpc) is 2.53. The first-order chi connectivity index (χ1) is 11.1. The number of rotatable bonds is 7. The van der Waals surface area contributed by atoms with E-state index in [9.17, 15) is 4.79 Å². The summed E-state index contributed by atoms with van der Waals surface area (Å²) < 4.78 is 10.9. The minimum atomic E-state index is -0.208. The van der Waals surface area contributed by atoms with Gasteiger partial charge in [0.1, 0.15) is 18.1 Å². The summed E-state index contributed by atoms with van der Waals surface area (Å²) in [5.41, 5.74) is 8.25. The average molecular weight is 314 g/mol. The van der Waals surface area contributed by atoms with Crippen LogP contribution < -0.4 is 20.5 Å². The highest BCUT2D eigenvalue weighted by Crippen LogP contribution is 2.19. The van der Waals surface area contributed by atoms with E-state index in [-0.39, 0.29) is 12.5 Å². The predicted molar refractivity (Wildman–Crippen MR) is 91.0 cm³/mol. The topological polar surface area (TPSA) is 73.6 Å². The quantitative estimate of drug-likeness (QED) is 0.824. The lowest BCUT2D eigenvalue weighted by molar-refractivity contribution is -0.118. The number of ether oxygens (including phenoxy) is 2. The van der Waals surface area contributed by atoms with Crippen molar-refractivity contribution in [1.82, 2.24) is 0 Å². The SMILES string of the molecule is Cc1ccc(OCC(=O)Nc2ccc(OCCN)cc2)c(C)c1. The van der Waals surface area contributed by atoms with E-state index in [0.29, 0.717) is 18.8 Å². The summed E-state index contributed by atoms with van der Waals surface area (Å²) in [6.45, 7) is 4.88. The van der Waals surface area contributed by atoms with Crippen molar-refractivity contribution in [2.45, 2.75) is 13.8 Å². The Morgan fingerprint density at radius 3 is 2.48 bits per heavy atom. The molecule has 5 nitrogen and oxygen atoms in total. The Labute approximate surface area is 136 Å². The van der Waals surface area contributed by atoms with Gasteiger partial charge < -0.3 is 20.5 Å². The van der Waals surface area contributed by atoms with E-state index in [1.54, 1.807) is 24.3 Å². The van der Waals surface area contributed by atoms with Gasteiger partial charge in [0.05, 0.1) is 0 Å². The van der Waals surface area contributed by atoms with Crippen molar-refractivity contribution in [3.63, 3.8) is 0 Å². The van der Waals surface area contributed by atoms with Gasteiger partial charge in [0, 0.05) is 12.2 Å². The van der Waals surface area contributed by atoms with E-state index in [1.807, 2.05) is 32.0 Å². The predicted octanol–water partition coefficient (Wildman–Crippen LogP) is 2.66. The Balaban J connectivity index is 1.84. The second-order valence-corrected chi connectivity index (χ2v) is 5.27. The molecule has 23 heavy (non-hydrogen) atoms. The fourth-order valence-corrected chi connectivity index (χ4v) is 2.11. The molecule has 0 bridgehead atoms. The fourth-order valence-electron chi connectivity index (χ4n) is 2.11. The highest BCUT2D eigenvalue weighted by molar-refractivity contribution is 5.91. The van der Waals surface area contributed by atoms with Crippen molar-refractivity contribution in [2.75, 3.05) is 25.1 Å². The van der Waals surface area contributed by atoms with Gasteiger partial charge in [-0.3, -0.25) is 4.79 Å². The maximum absolute atomic E-state index is 11.9. The number of nitrogens with two attached hydrogens (primary N) is 1. The lowest BCUT2D eigenvalue weighted by Crippen LogP contribution is -2.20. The number of anilines is 1. The van der Waals surface area contributed by atoms with Crippen LogP contribution in [0.1, 0.15) is 11.1 Å². The summed E-state index contributed by atoms with van der Waals surface area (Å²) >= 11 is 0. The Kier molecular flexibility index (Phi) is 6.00. The molecule has 2 aromatic rings. The third-order valence-electron chi connectivity index (χ3n) is 3.21. The summed E-state index contributed by atoms with van der Waals surface area (Å²) in [5.74, 6) is 1.23. The summed E-state index contributed by atoms with van der Waals surface area (Å²) in [6.07, 6.45) is 0. The summed E-state index contributed by atoms with van der Waals surface area (Å²) in [4.78, 5) is 11.9. The van der Waals surface area contributed by atoms with Crippen molar-refractivity contribution in [3.05, 3.63) is 53.6 Å². The van der Waals surface area contributed by atoms with Crippen LogP contribution in [0.25, 0.3) is 0 Å². The Hall–Kier alpha value is -2.53. The number of hydrogen-bond donors (Lipinski definition) is 2. The van der Waals surface area contributed by atoms with Crippen molar-refractivity contribution in [3.8, 4) is 11.5 Å². The molecule has 0 aromatic heterocycles. The van der Waals surface area contributed by atoms with E-state index in [2.05, 4.69) is 5.32 Å². The third-order valence-corrected chi connectivity index (χ3v) is 3.21. The second-order valence-electron chi connectivity index (χ2n) is 5.27. The van der Waals surface area contributed by atoms with Gasteiger partial charge in [-0.05, 0) is 49.7 Å². The molecule has 0 aliphatic heterocycles. The van der Waals surface area contributed by atoms with Gasteiger partial charge in [0.2, 0.25) is 0 Å². The van der Waals surface area contributed by atoms with Crippen molar-refractivity contribution < 1.29 is 14.3 Å². The molecule has 2 rings (SSSR count). The molecule has 0 atom stereocenters. The van der Waals surface area contributed by atoms with Gasteiger partial charge in [-0.1, -0.05) is 17.7 Å². The van der Waals surface area contributed by atoms with E-state index in [1.165, 1.54) is 0 Å². The maximum atomic E-state index is 11.9. The largest absolute Gasteiger partial charge is 0.492 e. The number of amides is 1. The molecule has 0 saturated carbocycles. The molecule has 0 saturated heterocycles. The van der Waals surface area contributed by atoms with Crippen LogP contribution in [0.4, 0.5) is 5.69 Å². The molecule has 122 valence electrons. The monoisotopic (exact) mass is 314 g/mol. The number of aryl methyl sites for hydroxylation is 2. The van der Waals surface area contributed by atoms with E-state index >= 15 is 0 Å². The minimum Gasteiger partial charge on any atom is -0.492 e. The first-order valence-corrected chi connectivity index (χ1v) is 7.51. The van der Waals surface area contributed by atoms with E-state index < -0.39 is 0 Å². The van der Waals surface area contributed by atoms with Crippen molar-refractivity contribution in [2.24, 2.45) is 5.73 Å². The number of nitrogens with one attached hydrogen (secondary N) is 1. The number of hydrogen-bond acceptors (Lipinski definition) is 4. The normalized spacial score (nSPS) is 10.2. The molecule has 0 radical (unpaired) electrons. The molecule has 0 aliphatic carbocycles. The molecule has 1 amide bonds. The van der Waals surface area contributed by atoms with Crippen molar-refractivity contribution in [1.29, 1.82) is 0 Å². The molecule has 0 unspecified atom stereocenters. The maximum Gasteiger partial charge on any atom is 0.262 e. The standard InChI is InChI=1S/C18H22N2O3/c1-13-3-8-17(14(2)11-13)23-12-18(21)20-15-4-6-16(7-5-15)22-10-9-19/h3-8,11H,9-10,12,19H2,1-2H3,(H,20,21). The fraction of sp³-hybridized carbons (Fsp3) is 0.278. The van der Waals surface area contributed by atoms with Crippen LogP contribution in [-0.2, 0) is 4.79 Å². The molecule has 3 N–H and O–H groups in total. The first kappa shape index (κ1) is 16.8. The lowest BCUT2D eigenvalue weighted by atomic mass is 10.1. The van der Waals surface area contributed by atoms with Crippen LogP contribution in [-0.4, -0.2) is 25.7 Å². The molecular formula is C18H22N2O3. The van der Waals surface area contributed by atoms with E-state index in [0.717, 1.165) is 22.6 Å². The van der Waals surface area contributed by atoms with Gasteiger partial charge in [-0.15, -0.1) is 0 Å². The molecule has 5 heteroatoms. The highest BCUT2D eigenvalue weighted by Gasteiger charge is 2.06. The van der Waals surface area contributed by atoms with Gasteiger partial charge in [0.15, 0.2) is 6.61 Å². The zero-order valence-corrected chi connectivity index (χ0v) is 13.5. The molecule has 2 aromatic carbocycles. The highest BCUT2D eigenvalue weighted by atomic mass is 16.5. The smallest absolute Gasteiger partial charge is 0.262 e. The van der Waals surface area contributed by atoms with Crippen LogP contribution in [0.3, 0.4) is 0 Å². The van der Waals surface area contributed by atoms with Crippen LogP contribution in [0.5, 0.6) is 11.5 Å². The van der Waals surface area contributed by atoms with Crippen molar-refractivity contribution >= 4 is 11.6 Å². The van der Waals surface area contributed by atoms with Crippen LogP contribution in [0.2, 0.25) is 0 Å². The summed E-state index contributed by atoms with van der Waals surface area (Å²) in [7, 11) is 0.